The third-order valence-corrected chi connectivity index (χ3v) is 7.30. The molecule has 204 valence electrons. The van der Waals surface area contributed by atoms with E-state index in [0.717, 1.165) is 35.5 Å². The SMILES string of the molecule is C[C@H](NC(=O)c1ccc2c(C3CCCCC3)n(-c3ccccc3)nc2c1)C(=O)Nc1ccc(C=CC(=O)O)cc1. The summed E-state index contributed by atoms with van der Waals surface area (Å²) in [6.45, 7) is 1.63. The number of nitrogens with one attached hydrogen (secondary N) is 2. The van der Waals surface area contributed by atoms with E-state index in [4.69, 9.17) is 10.2 Å². The summed E-state index contributed by atoms with van der Waals surface area (Å²) in [5.74, 6) is -1.33. The molecule has 1 atom stereocenters. The number of amides is 2. The van der Waals surface area contributed by atoms with E-state index in [1.54, 1.807) is 43.3 Å². The minimum atomic E-state index is -1.03. The van der Waals surface area contributed by atoms with Gasteiger partial charge < -0.3 is 15.7 Å². The molecule has 1 aliphatic carbocycles. The van der Waals surface area contributed by atoms with Gasteiger partial charge in [-0.2, -0.15) is 5.10 Å². The monoisotopic (exact) mass is 536 g/mol. The maximum Gasteiger partial charge on any atom is 0.328 e. The summed E-state index contributed by atoms with van der Waals surface area (Å²) in [6, 6.07) is 21.6. The number of hydrogen-bond acceptors (Lipinski definition) is 4. The molecule has 0 spiro atoms. The molecule has 8 heteroatoms. The predicted octanol–water partition coefficient (Wildman–Crippen LogP) is 5.93. The summed E-state index contributed by atoms with van der Waals surface area (Å²) >= 11 is 0. The number of rotatable bonds is 8. The minimum absolute atomic E-state index is 0.354. The number of benzene rings is 3. The van der Waals surface area contributed by atoms with Gasteiger partial charge in [-0.3, -0.25) is 9.59 Å². The van der Waals surface area contributed by atoms with Crippen molar-refractivity contribution >= 4 is 40.4 Å². The van der Waals surface area contributed by atoms with Crippen molar-refractivity contribution < 1.29 is 19.5 Å². The Bertz CT molecular complexity index is 1550. The molecule has 8 nitrogen and oxygen atoms in total. The first-order chi connectivity index (χ1) is 19.4. The van der Waals surface area contributed by atoms with E-state index in [1.165, 1.54) is 31.0 Å². The number of aliphatic carboxylic acids is 1. The van der Waals surface area contributed by atoms with Crippen LogP contribution in [0.3, 0.4) is 0 Å². The Labute approximate surface area is 232 Å². The van der Waals surface area contributed by atoms with Crippen LogP contribution in [0.5, 0.6) is 0 Å². The van der Waals surface area contributed by atoms with Crippen molar-refractivity contribution in [1.29, 1.82) is 0 Å². The molecule has 4 aromatic rings. The lowest BCUT2D eigenvalue weighted by Crippen LogP contribution is -2.41. The van der Waals surface area contributed by atoms with Gasteiger partial charge in [0.2, 0.25) is 5.91 Å². The summed E-state index contributed by atoms with van der Waals surface area (Å²) < 4.78 is 2.03. The van der Waals surface area contributed by atoms with E-state index in [1.807, 2.05) is 41.1 Å². The third-order valence-electron chi connectivity index (χ3n) is 7.30. The zero-order chi connectivity index (χ0) is 28.1. The number of carboxylic acid groups (broad SMARTS) is 1. The Balaban J connectivity index is 1.31. The summed E-state index contributed by atoms with van der Waals surface area (Å²) in [6.07, 6.45) is 8.45. The van der Waals surface area contributed by atoms with Gasteiger partial charge in [0.05, 0.1) is 16.9 Å². The van der Waals surface area contributed by atoms with Crippen molar-refractivity contribution in [2.45, 2.75) is 51.0 Å². The van der Waals surface area contributed by atoms with Crippen molar-refractivity contribution in [2.75, 3.05) is 5.32 Å². The Morgan fingerprint density at radius 1 is 0.975 bits per heavy atom. The first kappa shape index (κ1) is 26.9. The van der Waals surface area contributed by atoms with Crippen molar-refractivity contribution in [3.05, 3.63) is 95.7 Å². The number of carbonyl (C=O) groups is 3. The summed E-state index contributed by atoms with van der Waals surface area (Å²) in [7, 11) is 0. The normalized spacial score (nSPS) is 14.7. The number of fused-ring (bicyclic) bond motifs is 1. The van der Waals surface area contributed by atoms with E-state index < -0.39 is 12.0 Å². The number of carboxylic acids is 1. The molecule has 1 heterocycles. The number of anilines is 1. The maximum atomic E-state index is 13.1. The van der Waals surface area contributed by atoms with Crippen LogP contribution in [0, 0.1) is 0 Å². The van der Waals surface area contributed by atoms with E-state index in [-0.39, 0.29) is 11.8 Å². The van der Waals surface area contributed by atoms with Crippen LogP contribution in [0.2, 0.25) is 0 Å². The molecule has 0 saturated heterocycles. The largest absolute Gasteiger partial charge is 0.478 e. The van der Waals surface area contributed by atoms with Gasteiger partial charge in [0.25, 0.3) is 5.91 Å². The van der Waals surface area contributed by atoms with Crippen molar-refractivity contribution in [1.82, 2.24) is 15.1 Å². The van der Waals surface area contributed by atoms with Gasteiger partial charge in [-0.15, -0.1) is 0 Å². The molecule has 0 radical (unpaired) electrons. The first-order valence-electron chi connectivity index (χ1n) is 13.6. The van der Waals surface area contributed by atoms with Crippen LogP contribution in [0.25, 0.3) is 22.7 Å². The van der Waals surface area contributed by atoms with Crippen molar-refractivity contribution in [2.24, 2.45) is 0 Å². The standard InChI is InChI=1S/C32H32N4O4/c1-21(31(39)34-25-16-12-22(13-17-25)14-19-29(37)38)33-32(40)24-15-18-27-28(20-24)35-36(26-10-6-3-7-11-26)30(27)23-8-4-2-5-9-23/h3,6-7,10-21,23H,2,4-5,8-9H2,1H3,(H,33,40)(H,34,39)(H,37,38)/t21-/m0/s1. The highest BCUT2D eigenvalue weighted by Gasteiger charge is 2.25. The lowest BCUT2D eigenvalue weighted by Gasteiger charge is -2.23. The summed E-state index contributed by atoms with van der Waals surface area (Å²) in [5.41, 5.74) is 4.63. The molecule has 1 aromatic heterocycles. The highest BCUT2D eigenvalue weighted by atomic mass is 16.4. The second-order valence-corrected chi connectivity index (χ2v) is 10.2. The number of hydrogen-bond donors (Lipinski definition) is 3. The molecule has 0 unspecified atom stereocenters. The number of para-hydroxylation sites is 1. The van der Waals surface area contributed by atoms with E-state index in [2.05, 4.69) is 10.6 Å². The highest BCUT2D eigenvalue weighted by molar-refractivity contribution is 6.02. The fourth-order valence-corrected chi connectivity index (χ4v) is 5.22. The molecular weight excluding hydrogens is 504 g/mol. The molecule has 1 saturated carbocycles. The zero-order valence-electron chi connectivity index (χ0n) is 22.3. The van der Waals surface area contributed by atoms with Crippen LogP contribution < -0.4 is 10.6 Å². The fraction of sp³-hybridized carbons (Fsp3) is 0.250. The quantitative estimate of drug-likeness (QED) is 0.242. The molecule has 3 aromatic carbocycles. The Hall–Kier alpha value is -4.72. The molecule has 2 amide bonds. The van der Waals surface area contributed by atoms with Gasteiger partial charge in [0, 0.05) is 28.6 Å². The molecule has 1 aliphatic rings. The van der Waals surface area contributed by atoms with Gasteiger partial charge in [0.1, 0.15) is 6.04 Å². The van der Waals surface area contributed by atoms with Crippen LogP contribution >= 0.6 is 0 Å². The summed E-state index contributed by atoms with van der Waals surface area (Å²) in [5, 5.41) is 20.3. The van der Waals surface area contributed by atoms with Crippen LogP contribution in [0.15, 0.2) is 78.9 Å². The van der Waals surface area contributed by atoms with Gasteiger partial charge in [0.15, 0.2) is 0 Å². The third kappa shape index (κ3) is 6.12. The van der Waals surface area contributed by atoms with Gasteiger partial charge in [-0.25, -0.2) is 9.48 Å². The highest BCUT2D eigenvalue weighted by Crippen LogP contribution is 2.38. The van der Waals surface area contributed by atoms with Gasteiger partial charge >= 0.3 is 5.97 Å². The molecule has 0 aliphatic heterocycles. The number of nitrogens with zero attached hydrogens (tertiary/aromatic N) is 2. The van der Waals surface area contributed by atoms with Gasteiger partial charge in [-0.1, -0.05) is 55.7 Å². The lowest BCUT2D eigenvalue weighted by molar-refractivity contribution is -0.131. The molecule has 40 heavy (non-hydrogen) atoms. The Morgan fingerprint density at radius 3 is 2.40 bits per heavy atom. The fourth-order valence-electron chi connectivity index (χ4n) is 5.22. The molecule has 5 rings (SSSR count). The Kier molecular flexibility index (Phi) is 8.05. The smallest absolute Gasteiger partial charge is 0.328 e. The molecule has 1 fully saturated rings. The Morgan fingerprint density at radius 2 is 1.70 bits per heavy atom. The molecule has 3 N–H and O–H groups in total. The molecular formula is C32H32N4O4. The van der Waals surface area contributed by atoms with E-state index >= 15 is 0 Å². The van der Waals surface area contributed by atoms with Gasteiger partial charge in [-0.05, 0) is 67.8 Å². The van der Waals surface area contributed by atoms with Crippen LogP contribution in [0.1, 0.15) is 66.6 Å². The lowest BCUT2D eigenvalue weighted by atomic mass is 9.85. The predicted molar refractivity (Wildman–Crippen MR) is 156 cm³/mol. The van der Waals surface area contributed by atoms with Crippen LogP contribution in [-0.4, -0.2) is 38.7 Å². The van der Waals surface area contributed by atoms with E-state index in [9.17, 15) is 14.4 Å². The zero-order valence-corrected chi connectivity index (χ0v) is 22.3. The molecule has 0 bridgehead atoms. The summed E-state index contributed by atoms with van der Waals surface area (Å²) in [4.78, 5) is 36.5. The van der Waals surface area contributed by atoms with Crippen molar-refractivity contribution in [3.63, 3.8) is 0 Å². The maximum absolute atomic E-state index is 13.1. The van der Waals surface area contributed by atoms with Crippen LogP contribution in [-0.2, 0) is 9.59 Å². The number of carbonyl (C=O) groups excluding carboxylic acids is 2. The van der Waals surface area contributed by atoms with Crippen molar-refractivity contribution in [3.8, 4) is 5.69 Å². The average molecular weight is 537 g/mol. The second kappa shape index (κ2) is 12.0. The topological polar surface area (TPSA) is 113 Å². The first-order valence-corrected chi connectivity index (χ1v) is 13.6. The van der Waals surface area contributed by atoms with Crippen LogP contribution in [0.4, 0.5) is 5.69 Å². The average Bonchev–Trinajstić information content (AvgIpc) is 3.36. The number of aromatic nitrogens is 2. The second-order valence-electron chi connectivity index (χ2n) is 10.2. The minimum Gasteiger partial charge on any atom is -0.478 e. The van der Waals surface area contributed by atoms with E-state index in [0.29, 0.717) is 22.7 Å².